The van der Waals surface area contributed by atoms with E-state index in [1.54, 1.807) is 4.90 Å². The average Bonchev–Trinajstić information content (AvgIpc) is 2.98. The van der Waals surface area contributed by atoms with Crippen molar-refractivity contribution in [2.75, 3.05) is 6.54 Å². The number of carbonyl (C=O) groups is 2. The number of ether oxygens (including phenoxy) is 1. The summed E-state index contributed by atoms with van der Waals surface area (Å²) in [6, 6.07) is 15.5. The number of carboxylic acids is 1. The van der Waals surface area contributed by atoms with Gasteiger partial charge in [0.15, 0.2) is 0 Å². The molecule has 5 nitrogen and oxygen atoms in total. The maximum absolute atomic E-state index is 11.9. The number of aliphatic carboxylic acids is 1. The molecular weight excluding hydrogens is 330 g/mol. The van der Waals surface area contributed by atoms with Gasteiger partial charge in [-0.05, 0) is 35.2 Å². The maximum atomic E-state index is 11.9. The lowest BCUT2D eigenvalue weighted by atomic mass is 10.0. The standard InChI is InChI=1S/C21H23NO4/c1-14(2)18-5-3-4-6-19(18)26-17-9-7-15(8-10-17)12-22-13-16(21(24)25)11-20(22)23/h3-10,14,16H,11-13H2,1-2H3,(H,24,25). The number of likely N-dealkylation sites (tertiary alicyclic amines) is 1. The largest absolute Gasteiger partial charge is 0.481 e. The second kappa shape index (κ2) is 7.60. The van der Waals surface area contributed by atoms with Crippen LogP contribution in [0.25, 0.3) is 0 Å². The Labute approximate surface area is 153 Å². The monoisotopic (exact) mass is 353 g/mol. The third kappa shape index (κ3) is 4.04. The Morgan fingerprint density at radius 1 is 1.19 bits per heavy atom. The molecule has 1 fully saturated rings. The van der Waals surface area contributed by atoms with Gasteiger partial charge in [0.2, 0.25) is 5.91 Å². The molecule has 0 spiro atoms. The van der Waals surface area contributed by atoms with Crippen molar-refractivity contribution < 1.29 is 19.4 Å². The SMILES string of the molecule is CC(C)c1ccccc1Oc1ccc(CN2CC(C(=O)O)CC2=O)cc1. The number of hydrogen-bond acceptors (Lipinski definition) is 3. The second-order valence-corrected chi connectivity index (χ2v) is 6.95. The molecule has 0 radical (unpaired) electrons. The van der Waals surface area contributed by atoms with Crippen LogP contribution in [-0.4, -0.2) is 28.4 Å². The smallest absolute Gasteiger partial charge is 0.308 e. The number of amides is 1. The van der Waals surface area contributed by atoms with Crippen LogP contribution in [0.15, 0.2) is 48.5 Å². The van der Waals surface area contributed by atoms with Gasteiger partial charge in [0.1, 0.15) is 11.5 Å². The summed E-state index contributed by atoms with van der Waals surface area (Å²) in [7, 11) is 0. The van der Waals surface area contributed by atoms with E-state index in [1.807, 2.05) is 42.5 Å². The molecule has 3 rings (SSSR count). The third-order valence-electron chi connectivity index (χ3n) is 4.63. The molecule has 1 heterocycles. The van der Waals surface area contributed by atoms with Crippen molar-refractivity contribution in [1.29, 1.82) is 0 Å². The topological polar surface area (TPSA) is 66.8 Å². The van der Waals surface area contributed by atoms with Crippen molar-refractivity contribution in [2.45, 2.75) is 32.7 Å². The van der Waals surface area contributed by atoms with Gasteiger partial charge in [-0.25, -0.2) is 0 Å². The zero-order valence-electron chi connectivity index (χ0n) is 15.0. The van der Waals surface area contributed by atoms with Crippen molar-refractivity contribution >= 4 is 11.9 Å². The normalized spacial score (nSPS) is 17.0. The number of carbonyl (C=O) groups excluding carboxylic acids is 1. The quantitative estimate of drug-likeness (QED) is 0.851. The van der Waals surface area contributed by atoms with E-state index in [0.717, 1.165) is 22.6 Å². The van der Waals surface area contributed by atoms with Gasteiger partial charge in [0.25, 0.3) is 0 Å². The van der Waals surface area contributed by atoms with Crippen LogP contribution in [-0.2, 0) is 16.1 Å². The molecule has 2 aromatic rings. The number of nitrogens with zero attached hydrogens (tertiary/aromatic N) is 1. The molecule has 5 heteroatoms. The lowest BCUT2D eigenvalue weighted by Crippen LogP contribution is -2.25. The summed E-state index contributed by atoms with van der Waals surface area (Å²) in [6.45, 7) is 4.95. The second-order valence-electron chi connectivity index (χ2n) is 6.95. The van der Waals surface area contributed by atoms with Crippen LogP contribution in [0.5, 0.6) is 11.5 Å². The van der Waals surface area contributed by atoms with Gasteiger partial charge in [0.05, 0.1) is 5.92 Å². The van der Waals surface area contributed by atoms with Crippen LogP contribution in [0, 0.1) is 5.92 Å². The van der Waals surface area contributed by atoms with Crippen molar-refractivity contribution in [3.8, 4) is 11.5 Å². The summed E-state index contributed by atoms with van der Waals surface area (Å²) in [5.41, 5.74) is 2.10. The Morgan fingerprint density at radius 3 is 2.50 bits per heavy atom. The van der Waals surface area contributed by atoms with Gasteiger partial charge in [-0.1, -0.05) is 44.2 Å². The van der Waals surface area contributed by atoms with E-state index in [-0.39, 0.29) is 18.9 Å². The Bertz CT molecular complexity index is 798. The molecule has 1 unspecified atom stereocenters. The number of benzene rings is 2. The number of hydrogen-bond donors (Lipinski definition) is 1. The first-order valence-corrected chi connectivity index (χ1v) is 8.80. The Hall–Kier alpha value is -2.82. The van der Waals surface area contributed by atoms with E-state index in [9.17, 15) is 9.59 Å². The zero-order valence-corrected chi connectivity index (χ0v) is 15.0. The van der Waals surface area contributed by atoms with E-state index in [2.05, 4.69) is 19.9 Å². The Balaban J connectivity index is 1.66. The Kier molecular flexibility index (Phi) is 5.26. The highest BCUT2D eigenvalue weighted by Crippen LogP contribution is 2.30. The van der Waals surface area contributed by atoms with Gasteiger partial charge in [-0.3, -0.25) is 9.59 Å². The van der Waals surface area contributed by atoms with E-state index in [4.69, 9.17) is 9.84 Å². The summed E-state index contributed by atoms with van der Waals surface area (Å²) < 4.78 is 6.01. The molecule has 1 saturated heterocycles. The summed E-state index contributed by atoms with van der Waals surface area (Å²) >= 11 is 0. The molecule has 2 aromatic carbocycles. The fourth-order valence-electron chi connectivity index (χ4n) is 3.15. The van der Waals surface area contributed by atoms with Crippen molar-refractivity contribution in [2.24, 2.45) is 5.92 Å². The molecule has 136 valence electrons. The van der Waals surface area contributed by atoms with Crippen molar-refractivity contribution in [1.82, 2.24) is 4.90 Å². The fraction of sp³-hybridized carbons (Fsp3) is 0.333. The van der Waals surface area contributed by atoms with Crippen LogP contribution < -0.4 is 4.74 Å². The van der Waals surface area contributed by atoms with Crippen LogP contribution in [0.1, 0.15) is 37.3 Å². The summed E-state index contributed by atoms with van der Waals surface area (Å²) in [5.74, 6) is 0.329. The zero-order chi connectivity index (χ0) is 18.7. The van der Waals surface area contributed by atoms with Gasteiger partial charge >= 0.3 is 5.97 Å². The molecule has 1 aliphatic rings. The molecule has 0 saturated carbocycles. The van der Waals surface area contributed by atoms with Crippen molar-refractivity contribution in [3.63, 3.8) is 0 Å². The molecule has 1 atom stereocenters. The molecule has 1 N–H and O–H groups in total. The highest BCUT2D eigenvalue weighted by Gasteiger charge is 2.34. The van der Waals surface area contributed by atoms with E-state index in [1.165, 1.54) is 0 Å². The lowest BCUT2D eigenvalue weighted by Gasteiger charge is -2.17. The van der Waals surface area contributed by atoms with Gasteiger partial charge in [-0.15, -0.1) is 0 Å². The predicted octanol–water partition coefficient (Wildman–Crippen LogP) is 4.04. The first-order valence-electron chi connectivity index (χ1n) is 8.80. The van der Waals surface area contributed by atoms with E-state index in [0.29, 0.717) is 12.5 Å². The van der Waals surface area contributed by atoms with Crippen LogP contribution in [0.2, 0.25) is 0 Å². The average molecular weight is 353 g/mol. The highest BCUT2D eigenvalue weighted by atomic mass is 16.5. The first-order chi connectivity index (χ1) is 12.4. The molecule has 26 heavy (non-hydrogen) atoms. The van der Waals surface area contributed by atoms with Gasteiger partial charge < -0.3 is 14.7 Å². The molecular formula is C21H23NO4. The van der Waals surface area contributed by atoms with Crippen LogP contribution in [0.4, 0.5) is 0 Å². The minimum atomic E-state index is -0.909. The first kappa shape index (κ1) is 18.0. The maximum Gasteiger partial charge on any atom is 0.308 e. The number of carboxylic acid groups (broad SMARTS) is 1. The summed E-state index contributed by atoms with van der Waals surface area (Å²) in [5, 5.41) is 9.06. The molecule has 1 amide bonds. The molecule has 0 aliphatic carbocycles. The van der Waals surface area contributed by atoms with Crippen LogP contribution >= 0.6 is 0 Å². The summed E-state index contributed by atoms with van der Waals surface area (Å²) in [6.07, 6.45) is 0.0858. The molecule has 0 aromatic heterocycles. The van der Waals surface area contributed by atoms with E-state index < -0.39 is 11.9 Å². The van der Waals surface area contributed by atoms with Gasteiger partial charge in [-0.2, -0.15) is 0 Å². The predicted molar refractivity (Wildman–Crippen MR) is 98.2 cm³/mol. The Morgan fingerprint density at radius 2 is 1.88 bits per heavy atom. The minimum Gasteiger partial charge on any atom is -0.481 e. The van der Waals surface area contributed by atoms with Gasteiger partial charge in [0, 0.05) is 19.5 Å². The van der Waals surface area contributed by atoms with Crippen LogP contribution in [0.3, 0.4) is 0 Å². The minimum absolute atomic E-state index is 0.0858. The van der Waals surface area contributed by atoms with Crippen molar-refractivity contribution in [3.05, 3.63) is 59.7 Å². The fourth-order valence-corrected chi connectivity index (χ4v) is 3.15. The number of rotatable bonds is 6. The number of para-hydroxylation sites is 1. The third-order valence-corrected chi connectivity index (χ3v) is 4.63. The van der Waals surface area contributed by atoms with E-state index >= 15 is 0 Å². The summed E-state index contributed by atoms with van der Waals surface area (Å²) in [4.78, 5) is 24.6. The molecule has 1 aliphatic heterocycles. The lowest BCUT2D eigenvalue weighted by molar-refractivity contribution is -0.141. The highest BCUT2D eigenvalue weighted by molar-refractivity contribution is 5.86. The molecule has 0 bridgehead atoms.